The van der Waals surface area contributed by atoms with E-state index in [1.165, 1.54) is 6.42 Å². The van der Waals surface area contributed by atoms with E-state index in [1.54, 1.807) is 24.3 Å². The molecule has 4 bridgehead atoms. The Balaban J connectivity index is 1.37. The van der Waals surface area contributed by atoms with Gasteiger partial charge in [-0.1, -0.05) is 17.3 Å². The fourth-order valence-electron chi connectivity index (χ4n) is 5.77. The van der Waals surface area contributed by atoms with Gasteiger partial charge in [0.2, 0.25) is 0 Å². The van der Waals surface area contributed by atoms with Gasteiger partial charge in [-0.2, -0.15) is 4.68 Å². The van der Waals surface area contributed by atoms with E-state index in [4.69, 9.17) is 16.3 Å². The van der Waals surface area contributed by atoms with Crippen LogP contribution in [0.25, 0.3) is 10.9 Å². The molecule has 4 aliphatic carbocycles. The molecule has 6 nitrogen and oxygen atoms in total. The first-order chi connectivity index (χ1) is 12.5. The standard InChI is InChI=1S/C19H20ClN3O3/c20-19-8-12-5-13(9-19)7-18(6-12,10-19)17(25)26-11-23-16(24)14-3-1-2-4-15(14)21-22-23/h1-4,12-13H,5-11H2/t12-,13+,18?,19?. The summed E-state index contributed by atoms with van der Waals surface area (Å²) in [5.41, 5.74) is -0.257. The molecule has 26 heavy (non-hydrogen) atoms. The minimum atomic E-state index is -0.486. The monoisotopic (exact) mass is 373 g/mol. The summed E-state index contributed by atoms with van der Waals surface area (Å²) in [7, 11) is 0. The molecule has 4 fully saturated rings. The number of benzene rings is 1. The van der Waals surface area contributed by atoms with E-state index >= 15 is 0 Å². The third kappa shape index (κ3) is 2.46. The van der Waals surface area contributed by atoms with Gasteiger partial charge in [-0.05, 0) is 62.5 Å². The summed E-state index contributed by atoms with van der Waals surface area (Å²) >= 11 is 6.79. The second-order valence-corrected chi connectivity index (χ2v) is 9.17. The zero-order valence-corrected chi connectivity index (χ0v) is 15.1. The normalized spacial score (nSPS) is 35.0. The van der Waals surface area contributed by atoms with E-state index in [0.717, 1.165) is 30.4 Å². The average Bonchev–Trinajstić information content (AvgIpc) is 2.59. The van der Waals surface area contributed by atoms with Gasteiger partial charge in [-0.25, -0.2) is 0 Å². The molecule has 6 rings (SSSR count). The SMILES string of the molecule is O=C(OCn1nnc2ccccc2c1=O)C12C[C@@H]3C[C@@H](CC(Cl)(C3)C1)C2. The maximum Gasteiger partial charge on any atom is 0.313 e. The summed E-state index contributed by atoms with van der Waals surface area (Å²) in [5.74, 6) is 0.799. The van der Waals surface area contributed by atoms with Crippen LogP contribution in [0.15, 0.2) is 29.1 Å². The molecular formula is C19H20ClN3O3. The molecular weight excluding hydrogens is 354 g/mol. The second-order valence-electron chi connectivity index (χ2n) is 8.36. The van der Waals surface area contributed by atoms with Gasteiger partial charge in [0.05, 0.1) is 10.8 Å². The van der Waals surface area contributed by atoms with Crippen molar-refractivity contribution in [2.75, 3.05) is 0 Å². The zero-order chi connectivity index (χ0) is 17.9. The van der Waals surface area contributed by atoms with E-state index in [0.29, 0.717) is 29.2 Å². The number of carbonyl (C=O) groups is 1. The van der Waals surface area contributed by atoms with Gasteiger partial charge in [-0.3, -0.25) is 9.59 Å². The number of hydrogen-bond donors (Lipinski definition) is 0. The van der Waals surface area contributed by atoms with Gasteiger partial charge in [0.15, 0.2) is 6.73 Å². The number of hydrogen-bond acceptors (Lipinski definition) is 5. The van der Waals surface area contributed by atoms with Gasteiger partial charge in [0, 0.05) is 4.87 Å². The van der Waals surface area contributed by atoms with E-state index in [1.807, 2.05) is 0 Å². The number of rotatable bonds is 3. The van der Waals surface area contributed by atoms with Crippen molar-refractivity contribution in [1.82, 2.24) is 15.0 Å². The molecule has 7 heteroatoms. The molecule has 0 saturated heterocycles. The van der Waals surface area contributed by atoms with Crippen LogP contribution in [0.2, 0.25) is 0 Å². The Morgan fingerprint density at radius 2 is 1.96 bits per heavy atom. The van der Waals surface area contributed by atoms with Crippen LogP contribution in [0, 0.1) is 17.3 Å². The molecule has 2 unspecified atom stereocenters. The van der Waals surface area contributed by atoms with Crippen molar-refractivity contribution in [2.45, 2.75) is 50.1 Å². The summed E-state index contributed by atoms with van der Waals surface area (Å²) in [5, 5.41) is 8.38. The number of halogens is 1. The van der Waals surface area contributed by atoms with Crippen molar-refractivity contribution in [2.24, 2.45) is 17.3 Å². The highest BCUT2D eigenvalue weighted by Gasteiger charge is 2.60. The topological polar surface area (TPSA) is 74.1 Å². The first-order valence-electron chi connectivity index (χ1n) is 9.15. The highest BCUT2D eigenvalue weighted by Crippen LogP contribution is 2.64. The molecule has 1 aromatic heterocycles. The number of carbonyl (C=O) groups excluding carboxylic acids is 1. The molecule has 1 heterocycles. The number of fused-ring (bicyclic) bond motifs is 1. The molecule has 0 spiro atoms. The highest BCUT2D eigenvalue weighted by molar-refractivity contribution is 6.24. The Morgan fingerprint density at radius 1 is 1.23 bits per heavy atom. The van der Waals surface area contributed by atoms with Crippen molar-refractivity contribution in [3.05, 3.63) is 34.6 Å². The first-order valence-corrected chi connectivity index (χ1v) is 9.53. The van der Waals surface area contributed by atoms with Crippen LogP contribution in [-0.4, -0.2) is 25.8 Å². The molecule has 136 valence electrons. The lowest BCUT2D eigenvalue weighted by Gasteiger charge is -2.58. The van der Waals surface area contributed by atoms with Crippen molar-refractivity contribution < 1.29 is 9.53 Å². The fraction of sp³-hybridized carbons (Fsp3) is 0.579. The molecule has 0 amide bonds. The fourth-order valence-corrected chi connectivity index (χ4v) is 6.46. The van der Waals surface area contributed by atoms with E-state index in [9.17, 15) is 9.59 Å². The minimum Gasteiger partial charge on any atom is -0.442 e. The molecule has 2 aromatic rings. The quantitative estimate of drug-likeness (QED) is 0.611. The molecule has 0 N–H and O–H groups in total. The Kier molecular flexibility index (Phi) is 3.45. The van der Waals surface area contributed by atoms with Crippen LogP contribution >= 0.6 is 11.6 Å². The summed E-state index contributed by atoms with van der Waals surface area (Å²) in [6, 6.07) is 7.00. The van der Waals surface area contributed by atoms with Crippen molar-refractivity contribution in [1.29, 1.82) is 0 Å². The van der Waals surface area contributed by atoms with Crippen LogP contribution in [0.3, 0.4) is 0 Å². The molecule has 4 atom stereocenters. The minimum absolute atomic E-state index is 0.206. The zero-order valence-electron chi connectivity index (χ0n) is 14.4. The van der Waals surface area contributed by atoms with E-state index in [2.05, 4.69) is 10.3 Å². The van der Waals surface area contributed by atoms with Crippen LogP contribution in [0.5, 0.6) is 0 Å². The Labute approximate surface area is 155 Å². The first kappa shape index (κ1) is 16.2. The number of alkyl halides is 1. The Bertz CT molecular complexity index is 942. The summed E-state index contributed by atoms with van der Waals surface area (Å²) in [6.07, 6.45) is 5.60. The van der Waals surface area contributed by atoms with E-state index in [-0.39, 0.29) is 23.1 Å². The molecule has 0 radical (unpaired) electrons. The number of aromatic nitrogens is 3. The third-order valence-electron chi connectivity index (χ3n) is 6.37. The summed E-state index contributed by atoms with van der Waals surface area (Å²) < 4.78 is 6.66. The molecule has 0 aliphatic heterocycles. The molecule has 1 aromatic carbocycles. The van der Waals surface area contributed by atoms with Crippen LogP contribution in [0.1, 0.15) is 38.5 Å². The molecule has 4 saturated carbocycles. The Hall–Kier alpha value is -1.95. The average molecular weight is 374 g/mol. The second kappa shape index (κ2) is 5.52. The van der Waals surface area contributed by atoms with Gasteiger partial charge >= 0.3 is 5.97 Å². The lowest BCUT2D eigenvalue weighted by molar-refractivity contribution is -0.174. The van der Waals surface area contributed by atoms with Crippen molar-refractivity contribution in [3.8, 4) is 0 Å². The largest absolute Gasteiger partial charge is 0.442 e. The number of ether oxygens (including phenoxy) is 1. The van der Waals surface area contributed by atoms with Crippen LogP contribution in [0.4, 0.5) is 0 Å². The van der Waals surface area contributed by atoms with E-state index < -0.39 is 5.41 Å². The predicted molar refractivity (Wildman–Crippen MR) is 95.6 cm³/mol. The highest BCUT2D eigenvalue weighted by atomic mass is 35.5. The smallest absolute Gasteiger partial charge is 0.313 e. The third-order valence-corrected chi connectivity index (χ3v) is 6.81. The lowest BCUT2D eigenvalue weighted by atomic mass is 9.49. The van der Waals surface area contributed by atoms with Gasteiger partial charge < -0.3 is 4.74 Å². The molecule has 4 aliphatic rings. The number of esters is 1. The van der Waals surface area contributed by atoms with Gasteiger partial charge in [0.1, 0.15) is 5.52 Å². The number of nitrogens with zero attached hydrogens (tertiary/aromatic N) is 3. The van der Waals surface area contributed by atoms with Crippen LogP contribution < -0.4 is 5.56 Å². The van der Waals surface area contributed by atoms with Gasteiger partial charge in [0.25, 0.3) is 5.56 Å². The van der Waals surface area contributed by atoms with Crippen molar-refractivity contribution >= 4 is 28.5 Å². The summed E-state index contributed by atoms with van der Waals surface area (Å²) in [6.45, 7) is -0.206. The Morgan fingerprint density at radius 3 is 2.69 bits per heavy atom. The predicted octanol–water partition coefficient (Wildman–Crippen LogP) is 2.87. The maximum atomic E-state index is 12.9. The lowest BCUT2D eigenvalue weighted by Crippen LogP contribution is -2.56. The van der Waals surface area contributed by atoms with Crippen LogP contribution in [-0.2, 0) is 16.3 Å². The van der Waals surface area contributed by atoms with Crippen molar-refractivity contribution in [3.63, 3.8) is 0 Å². The summed E-state index contributed by atoms with van der Waals surface area (Å²) in [4.78, 5) is 25.2. The van der Waals surface area contributed by atoms with Gasteiger partial charge in [-0.15, -0.1) is 16.7 Å². The maximum absolute atomic E-state index is 12.9.